The number of carbonyl (C=O) groups is 1. The molecule has 2 atom stereocenters. The van der Waals surface area contributed by atoms with E-state index in [1.54, 1.807) is 7.05 Å². The summed E-state index contributed by atoms with van der Waals surface area (Å²) in [4.78, 5) is 16.6. The fourth-order valence-corrected chi connectivity index (χ4v) is 3.71. The van der Waals surface area contributed by atoms with E-state index in [1.165, 1.54) is 32.5 Å². The average molecular weight is 283 g/mol. The van der Waals surface area contributed by atoms with Crippen molar-refractivity contribution in [3.05, 3.63) is 0 Å². The first-order valence-electron chi connectivity index (χ1n) is 8.00. The normalized spacial score (nSPS) is 27.2. The molecule has 0 saturated carbocycles. The standard InChI is InChI=1S/C15H29N3O2/c1-3-15(16-2,14(19)20)7-5-8-17-10-11-18-9-4-6-13(18)12-17/h13,16H,3-12H2,1-2H3,(H,19,20). The second-order valence-electron chi connectivity index (χ2n) is 6.23. The number of piperazine rings is 1. The van der Waals surface area contributed by atoms with Crippen LogP contribution in [0.15, 0.2) is 0 Å². The van der Waals surface area contributed by atoms with Gasteiger partial charge >= 0.3 is 5.97 Å². The topological polar surface area (TPSA) is 55.8 Å². The van der Waals surface area contributed by atoms with Gasteiger partial charge in [-0.2, -0.15) is 0 Å². The number of carboxylic acid groups (broad SMARTS) is 1. The van der Waals surface area contributed by atoms with Crippen LogP contribution in [0, 0.1) is 0 Å². The summed E-state index contributed by atoms with van der Waals surface area (Å²) in [5, 5.41) is 12.4. The minimum atomic E-state index is -0.741. The van der Waals surface area contributed by atoms with Gasteiger partial charge in [0.2, 0.25) is 0 Å². The van der Waals surface area contributed by atoms with Crippen LogP contribution in [-0.2, 0) is 4.79 Å². The number of nitrogens with one attached hydrogen (secondary N) is 1. The molecule has 2 rings (SSSR count). The lowest BCUT2D eigenvalue weighted by Gasteiger charge is -2.38. The lowest BCUT2D eigenvalue weighted by atomic mass is 9.90. The molecular formula is C15H29N3O2. The first kappa shape index (κ1) is 15.7. The highest BCUT2D eigenvalue weighted by Gasteiger charge is 2.35. The first-order valence-corrected chi connectivity index (χ1v) is 8.00. The Morgan fingerprint density at radius 1 is 1.40 bits per heavy atom. The second-order valence-corrected chi connectivity index (χ2v) is 6.23. The highest BCUT2D eigenvalue weighted by atomic mass is 16.4. The summed E-state index contributed by atoms with van der Waals surface area (Å²) in [5.74, 6) is -0.719. The molecule has 2 saturated heterocycles. The van der Waals surface area contributed by atoms with E-state index in [0.717, 1.165) is 25.6 Å². The summed E-state index contributed by atoms with van der Waals surface area (Å²) in [6, 6.07) is 0.753. The SMILES string of the molecule is CCC(CCCN1CCN2CCCC2C1)(NC)C(=O)O. The average Bonchev–Trinajstić information content (AvgIpc) is 2.91. The van der Waals surface area contributed by atoms with E-state index in [-0.39, 0.29) is 0 Å². The summed E-state index contributed by atoms with van der Waals surface area (Å²) in [7, 11) is 1.76. The number of likely N-dealkylation sites (N-methyl/N-ethyl adjacent to an activating group) is 1. The fraction of sp³-hybridized carbons (Fsp3) is 0.933. The van der Waals surface area contributed by atoms with Crippen LogP contribution in [0.4, 0.5) is 0 Å². The molecule has 2 unspecified atom stereocenters. The highest BCUT2D eigenvalue weighted by Crippen LogP contribution is 2.23. The van der Waals surface area contributed by atoms with Gasteiger partial charge in [-0.15, -0.1) is 0 Å². The molecule has 0 aromatic rings. The van der Waals surface area contributed by atoms with Crippen molar-refractivity contribution in [2.45, 2.75) is 50.6 Å². The van der Waals surface area contributed by atoms with Crippen LogP contribution in [-0.4, -0.2) is 72.2 Å². The van der Waals surface area contributed by atoms with Crippen molar-refractivity contribution in [3.63, 3.8) is 0 Å². The number of nitrogens with zero attached hydrogens (tertiary/aromatic N) is 2. The van der Waals surface area contributed by atoms with Gasteiger partial charge in [0.05, 0.1) is 0 Å². The molecule has 0 amide bonds. The molecule has 0 spiro atoms. The van der Waals surface area contributed by atoms with E-state index >= 15 is 0 Å². The van der Waals surface area contributed by atoms with Crippen LogP contribution < -0.4 is 5.32 Å². The summed E-state index contributed by atoms with van der Waals surface area (Å²) >= 11 is 0. The van der Waals surface area contributed by atoms with E-state index < -0.39 is 11.5 Å². The first-order chi connectivity index (χ1) is 9.61. The number of fused-ring (bicyclic) bond motifs is 1. The Labute approximate surface area is 122 Å². The molecule has 2 heterocycles. The maximum Gasteiger partial charge on any atom is 0.323 e. The summed E-state index contributed by atoms with van der Waals surface area (Å²) in [6.45, 7) is 7.75. The van der Waals surface area contributed by atoms with Gasteiger partial charge in [0, 0.05) is 25.7 Å². The van der Waals surface area contributed by atoms with Crippen molar-refractivity contribution in [2.24, 2.45) is 0 Å². The molecule has 5 heteroatoms. The zero-order valence-corrected chi connectivity index (χ0v) is 12.9. The third-order valence-corrected chi connectivity index (χ3v) is 5.24. The molecule has 2 aliphatic rings. The number of rotatable bonds is 7. The van der Waals surface area contributed by atoms with Gasteiger partial charge < -0.3 is 15.3 Å². The molecule has 0 radical (unpaired) electrons. The van der Waals surface area contributed by atoms with E-state index in [2.05, 4.69) is 15.1 Å². The van der Waals surface area contributed by atoms with Crippen molar-refractivity contribution in [1.29, 1.82) is 0 Å². The van der Waals surface area contributed by atoms with Crippen LogP contribution in [0.3, 0.4) is 0 Å². The zero-order chi connectivity index (χ0) is 14.6. The molecule has 2 fully saturated rings. The van der Waals surface area contributed by atoms with E-state index in [4.69, 9.17) is 0 Å². The Morgan fingerprint density at radius 3 is 2.85 bits per heavy atom. The number of aliphatic carboxylic acids is 1. The molecule has 0 aliphatic carbocycles. The van der Waals surface area contributed by atoms with Crippen LogP contribution in [0.25, 0.3) is 0 Å². The van der Waals surface area contributed by atoms with Crippen molar-refractivity contribution in [1.82, 2.24) is 15.1 Å². The predicted octanol–water partition coefficient (Wildman–Crippen LogP) is 0.999. The van der Waals surface area contributed by atoms with Gasteiger partial charge in [0.25, 0.3) is 0 Å². The minimum absolute atomic E-state index is 0.634. The van der Waals surface area contributed by atoms with Crippen molar-refractivity contribution >= 4 is 5.97 Å². The van der Waals surface area contributed by atoms with Crippen LogP contribution in [0.1, 0.15) is 39.0 Å². The Bertz CT molecular complexity index is 331. The van der Waals surface area contributed by atoms with Crippen molar-refractivity contribution in [3.8, 4) is 0 Å². The van der Waals surface area contributed by atoms with E-state index in [9.17, 15) is 9.90 Å². The van der Waals surface area contributed by atoms with Crippen LogP contribution in [0.2, 0.25) is 0 Å². The largest absolute Gasteiger partial charge is 0.480 e. The summed E-state index contributed by atoms with van der Waals surface area (Å²) < 4.78 is 0. The van der Waals surface area contributed by atoms with Crippen molar-refractivity contribution in [2.75, 3.05) is 39.8 Å². The number of hydrogen-bond acceptors (Lipinski definition) is 4. The maximum atomic E-state index is 11.4. The highest BCUT2D eigenvalue weighted by molar-refractivity contribution is 5.78. The maximum absolute atomic E-state index is 11.4. The number of carboxylic acids is 1. The smallest absolute Gasteiger partial charge is 0.323 e. The Morgan fingerprint density at radius 2 is 2.20 bits per heavy atom. The molecule has 2 aliphatic heterocycles. The van der Waals surface area contributed by atoms with Gasteiger partial charge in [-0.1, -0.05) is 6.92 Å². The van der Waals surface area contributed by atoms with Gasteiger partial charge in [0.15, 0.2) is 0 Å². The van der Waals surface area contributed by atoms with Gasteiger partial charge in [-0.25, -0.2) is 0 Å². The van der Waals surface area contributed by atoms with E-state index in [1.807, 2.05) is 6.92 Å². The monoisotopic (exact) mass is 283 g/mol. The Kier molecular flexibility index (Phi) is 5.41. The summed E-state index contributed by atoms with van der Waals surface area (Å²) in [5.41, 5.74) is -0.741. The van der Waals surface area contributed by atoms with Gasteiger partial charge in [0.1, 0.15) is 5.54 Å². The quantitative estimate of drug-likeness (QED) is 0.730. The van der Waals surface area contributed by atoms with E-state index in [0.29, 0.717) is 12.8 Å². The van der Waals surface area contributed by atoms with Crippen molar-refractivity contribution < 1.29 is 9.90 Å². The summed E-state index contributed by atoms with van der Waals surface area (Å²) in [6.07, 6.45) is 4.97. The molecular weight excluding hydrogens is 254 g/mol. The molecule has 116 valence electrons. The predicted molar refractivity (Wildman–Crippen MR) is 80.0 cm³/mol. The minimum Gasteiger partial charge on any atom is -0.480 e. The molecule has 0 aromatic heterocycles. The molecule has 0 aromatic carbocycles. The third-order valence-electron chi connectivity index (χ3n) is 5.24. The van der Waals surface area contributed by atoms with Crippen LogP contribution >= 0.6 is 0 Å². The molecule has 2 N–H and O–H groups in total. The third kappa shape index (κ3) is 3.32. The fourth-order valence-electron chi connectivity index (χ4n) is 3.71. The van der Waals surface area contributed by atoms with Gasteiger partial charge in [-0.05, 0) is 52.2 Å². The Hall–Kier alpha value is -0.650. The molecule has 0 bridgehead atoms. The lowest BCUT2D eigenvalue weighted by Crippen LogP contribution is -2.52. The Balaban J connectivity index is 1.76. The molecule has 20 heavy (non-hydrogen) atoms. The zero-order valence-electron chi connectivity index (χ0n) is 12.9. The molecule has 5 nitrogen and oxygen atoms in total. The second kappa shape index (κ2) is 6.87. The lowest BCUT2D eigenvalue weighted by molar-refractivity contribution is -0.145. The van der Waals surface area contributed by atoms with Gasteiger partial charge in [-0.3, -0.25) is 9.69 Å². The number of hydrogen-bond donors (Lipinski definition) is 2. The van der Waals surface area contributed by atoms with Crippen LogP contribution in [0.5, 0.6) is 0 Å².